The van der Waals surface area contributed by atoms with E-state index < -0.39 is 6.10 Å². The number of piperidine rings is 1. The Bertz CT molecular complexity index is 454. The molecule has 2 nitrogen and oxygen atoms in total. The van der Waals surface area contributed by atoms with Crippen LogP contribution >= 0.6 is 27.5 Å². The van der Waals surface area contributed by atoms with Crippen molar-refractivity contribution in [3.63, 3.8) is 0 Å². The molecular weight excluding hydrogens is 338 g/mol. The number of nitrogens with zero attached hydrogens (tertiary/aromatic N) is 1. The van der Waals surface area contributed by atoms with E-state index in [-0.39, 0.29) is 0 Å². The van der Waals surface area contributed by atoms with Gasteiger partial charge in [-0.1, -0.05) is 40.5 Å². The first-order chi connectivity index (χ1) is 9.49. The molecule has 1 heterocycles. The Balaban J connectivity index is 1.93. The monoisotopic (exact) mass is 359 g/mol. The molecule has 3 unspecified atom stereocenters. The van der Waals surface area contributed by atoms with E-state index in [0.29, 0.717) is 11.1 Å². The van der Waals surface area contributed by atoms with Crippen molar-refractivity contribution in [2.24, 2.45) is 5.92 Å². The summed E-state index contributed by atoms with van der Waals surface area (Å²) in [6.45, 7) is 6.69. The van der Waals surface area contributed by atoms with Gasteiger partial charge in [0.15, 0.2) is 0 Å². The van der Waals surface area contributed by atoms with Crippen LogP contribution in [0.2, 0.25) is 5.02 Å². The van der Waals surface area contributed by atoms with Gasteiger partial charge in [-0.3, -0.25) is 0 Å². The number of likely N-dealkylation sites (tertiary alicyclic amines) is 1. The van der Waals surface area contributed by atoms with Crippen molar-refractivity contribution in [1.29, 1.82) is 0 Å². The van der Waals surface area contributed by atoms with E-state index in [9.17, 15) is 5.11 Å². The molecule has 0 saturated carbocycles. The van der Waals surface area contributed by atoms with Gasteiger partial charge in [0.05, 0.1) is 6.10 Å². The van der Waals surface area contributed by atoms with E-state index in [1.165, 1.54) is 12.8 Å². The highest BCUT2D eigenvalue weighted by molar-refractivity contribution is 9.10. The summed E-state index contributed by atoms with van der Waals surface area (Å²) in [6.07, 6.45) is 2.83. The van der Waals surface area contributed by atoms with Crippen LogP contribution in [-0.2, 0) is 0 Å². The van der Waals surface area contributed by atoms with Crippen molar-refractivity contribution < 1.29 is 5.11 Å². The lowest BCUT2D eigenvalue weighted by molar-refractivity contribution is 0.0840. The fourth-order valence-electron chi connectivity index (χ4n) is 2.95. The summed E-state index contributed by atoms with van der Waals surface area (Å²) >= 11 is 9.58. The molecule has 0 bridgehead atoms. The summed E-state index contributed by atoms with van der Waals surface area (Å²) in [6, 6.07) is 6.28. The van der Waals surface area contributed by atoms with E-state index in [4.69, 9.17) is 11.6 Å². The zero-order chi connectivity index (χ0) is 14.7. The zero-order valence-corrected chi connectivity index (χ0v) is 14.5. The molecule has 0 aliphatic carbocycles. The minimum atomic E-state index is -0.486. The molecule has 1 aliphatic heterocycles. The van der Waals surface area contributed by atoms with Crippen molar-refractivity contribution in [1.82, 2.24) is 4.90 Å². The van der Waals surface area contributed by atoms with Gasteiger partial charge in [0.2, 0.25) is 0 Å². The first-order valence-corrected chi connectivity index (χ1v) is 8.53. The van der Waals surface area contributed by atoms with Crippen LogP contribution in [0.3, 0.4) is 0 Å². The number of hydrogen-bond donors (Lipinski definition) is 1. The fourth-order valence-corrected chi connectivity index (χ4v) is 3.75. The first-order valence-electron chi connectivity index (χ1n) is 7.36. The molecule has 0 amide bonds. The Hall–Kier alpha value is -0.0900. The Morgan fingerprint density at radius 1 is 1.45 bits per heavy atom. The predicted molar refractivity (Wildman–Crippen MR) is 88.2 cm³/mol. The Morgan fingerprint density at radius 2 is 2.20 bits per heavy atom. The third kappa shape index (κ3) is 3.97. The van der Waals surface area contributed by atoms with Gasteiger partial charge in [-0.05, 0) is 56.3 Å². The average molecular weight is 361 g/mol. The summed E-state index contributed by atoms with van der Waals surface area (Å²) < 4.78 is 0.942. The van der Waals surface area contributed by atoms with Gasteiger partial charge in [-0.25, -0.2) is 0 Å². The van der Waals surface area contributed by atoms with Gasteiger partial charge in [0.25, 0.3) is 0 Å². The molecule has 1 aromatic rings. The molecule has 4 heteroatoms. The van der Waals surface area contributed by atoms with Crippen LogP contribution in [0.4, 0.5) is 0 Å². The number of aliphatic hydroxyl groups excluding tert-OH is 1. The molecule has 20 heavy (non-hydrogen) atoms. The molecule has 1 N–H and O–H groups in total. The van der Waals surface area contributed by atoms with Crippen LogP contribution in [0.1, 0.15) is 44.8 Å². The molecule has 1 aliphatic rings. The van der Waals surface area contributed by atoms with E-state index in [1.54, 1.807) is 0 Å². The number of rotatable bonds is 4. The number of aliphatic hydroxyl groups is 1. The standard InChI is InChI=1S/C16H23BrClNO/c1-11-4-3-8-19(12(11)2)9-7-16(20)14-6-5-13(17)10-15(14)18/h5-6,10-12,16,20H,3-4,7-9H2,1-2H3. The maximum absolute atomic E-state index is 10.3. The summed E-state index contributed by atoms with van der Waals surface area (Å²) in [5.74, 6) is 0.747. The van der Waals surface area contributed by atoms with E-state index in [0.717, 1.165) is 35.5 Å². The molecule has 0 aromatic heterocycles. The minimum absolute atomic E-state index is 0.486. The third-order valence-corrected chi connectivity index (χ3v) is 5.34. The molecule has 1 fully saturated rings. The van der Waals surface area contributed by atoms with Crippen LogP contribution in [-0.4, -0.2) is 29.1 Å². The Morgan fingerprint density at radius 3 is 2.90 bits per heavy atom. The van der Waals surface area contributed by atoms with Crippen LogP contribution < -0.4 is 0 Å². The Kier molecular flexibility index (Phi) is 5.91. The highest BCUT2D eigenvalue weighted by Gasteiger charge is 2.25. The second-order valence-electron chi connectivity index (χ2n) is 5.87. The van der Waals surface area contributed by atoms with Crippen molar-refractivity contribution in [3.05, 3.63) is 33.3 Å². The van der Waals surface area contributed by atoms with Gasteiger partial charge in [0.1, 0.15) is 0 Å². The number of benzene rings is 1. The van der Waals surface area contributed by atoms with Crippen LogP contribution in [0, 0.1) is 5.92 Å². The van der Waals surface area contributed by atoms with E-state index in [2.05, 4.69) is 34.7 Å². The second kappa shape index (κ2) is 7.26. The smallest absolute Gasteiger partial charge is 0.0816 e. The first kappa shape index (κ1) is 16.3. The molecule has 112 valence electrons. The molecule has 0 radical (unpaired) electrons. The van der Waals surface area contributed by atoms with Crippen LogP contribution in [0.25, 0.3) is 0 Å². The molecule has 0 spiro atoms. The Labute approximate surface area is 135 Å². The SMILES string of the molecule is CC1CCCN(CCC(O)c2ccc(Br)cc2Cl)C1C. The summed E-state index contributed by atoms with van der Waals surface area (Å²) in [5, 5.41) is 11.0. The quantitative estimate of drug-likeness (QED) is 0.845. The van der Waals surface area contributed by atoms with E-state index >= 15 is 0 Å². The molecule has 1 aromatic carbocycles. The maximum atomic E-state index is 10.3. The van der Waals surface area contributed by atoms with Crippen molar-refractivity contribution >= 4 is 27.5 Å². The van der Waals surface area contributed by atoms with Crippen molar-refractivity contribution in [2.75, 3.05) is 13.1 Å². The fraction of sp³-hybridized carbons (Fsp3) is 0.625. The van der Waals surface area contributed by atoms with Crippen molar-refractivity contribution in [3.8, 4) is 0 Å². The lowest BCUT2D eigenvalue weighted by Gasteiger charge is -2.38. The topological polar surface area (TPSA) is 23.5 Å². The molecule has 1 saturated heterocycles. The highest BCUT2D eigenvalue weighted by Crippen LogP contribution is 2.29. The lowest BCUT2D eigenvalue weighted by atomic mass is 9.91. The maximum Gasteiger partial charge on any atom is 0.0816 e. The minimum Gasteiger partial charge on any atom is -0.388 e. The summed E-state index contributed by atoms with van der Waals surface area (Å²) in [4.78, 5) is 2.49. The molecule has 2 rings (SSSR count). The van der Waals surface area contributed by atoms with Gasteiger partial charge in [0, 0.05) is 22.1 Å². The lowest BCUT2D eigenvalue weighted by Crippen LogP contribution is -2.43. The van der Waals surface area contributed by atoms with Crippen LogP contribution in [0.5, 0.6) is 0 Å². The van der Waals surface area contributed by atoms with Crippen molar-refractivity contribution in [2.45, 2.75) is 45.3 Å². The van der Waals surface area contributed by atoms with Gasteiger partial charge in [-0.2, -0.15) is 0 Å². The van der Waals surface area contributed by atoms with Crippen LogP contribution in [0.15, 0.2) is 22.7 Å². The molecular formula is C16H23BrClNO. The van der Waals surface area contributed by atoms with Gasteiger partial charge >= 0.3 is 0 Å². The highest BCUT2D eigenvalue weighted by atomic mass is 79.9. The summed E-state index contributed by atoms with van der Waals surface area (Å²) in [7, 11) is 0. The largest absolute Gasteiger partial charge is 0.388 e. The number of hydrogen-bond acceptors (Lipinski definition) is 2. The van der Waals surface area contributed by atoms with Gasteiger partial charge < -0.3 is 10.0 Å². The zero-order valence-electron chi connectivity index (χ0n) is 12.1. The average Bonchev–Trinajstić information content (AvgIpc) is 2.40. The van der Waals surface area contributed by atoms with E-state index in [1.807, 2.05) is 18.2 Å². The normalized spacial score (nSPS) is 25.6. The summed E-state index contributed by atoms with van der Waals surface area (Å²) in [5.41, 5.74) is 0.826. The predicted octanol–water partition coefficient (Wildman–Crippen LogP) is 4.65. The third-order valence-electron chi connectivity index (χ3n) is 4.52. The van der Waals surface area contributed by atoms with Gasteiger partial charge in [-0.15, -0.1) is 0 Å². The molecule has 3 atom stereocenters. The number of halogens is 2. The second-order valence-corrected chi connectivity index (χ2v) is 7.19.